The van der Waals surface area contributed by atoms with Crippen LogP contribution < -0.4 is 10.6 Å². The van der Waals surface area contributed by atoms with Gasteiger partial charge in [-0.15, -0.1) is 11.3 Å². The summed E-state index contributed by atoms with van der Waals surface area (Å²) >= 11 is 1.66. The number of carbonyl (C=O) groups is 2. The molecule has 1 heterocycles. The average Bonchev–Trinajstić information content (AvgIpc) is 3.14. The van der Waals surface area contributed by atoms with Crippen molar-refractivity contribution in [3.8, 4) is 0 Å². The Labute approximate surface area is 152 Å². The number of ether oxygens (including phenoxy) is 1. The Balaban J connectivity index is 2.16. The van der Waals surface area contributed by atoms with E-state index in [1.54, 1.807) is 18.3 Å². The van der Waals surface area contributed by atoms with Gasteiger partial charge in [0.15, 0.2) is 6.04 Å². The number of hydrogen-bond donors (Lipinski definition) is 2. The molecule has 3 N–H and O–H groups in total. The van der Waals surface area contributed by atoms with Crippen molar-refractivity contribution in [3.05, 3.63) is 57.8 Å². The lowest BCUT2D eigenvalue weighted by molar-refractivity contribution is -0.704. The van der Waals surface area contributed by atoms with Gasteiger partial charge in [0.25, 0.3) is 5.91 Å². The molecule has 0 radical (unpaired) electrons. The van der Waals surface area contributed by atoms with Crippen LogP contribution in [0.2, 0.25) is 0 Å². The number of aryl methyl sites for hydroxylation is 1. The molecule has 5 nitrogen and oxygen atoms in total. The number of hydrogen-bond acceptors (Lipinski definition) is 4. The normalized spacial score (nSPS) is 13.1. The van der Waals surface area contributed by atoms with Crippen molar-refractivity contribution in [1.29, 1.82) is 0 Å². The second kappa shape index (κ2) is 9.34. The molecule has 0 fully saturated rings. The van der Waals surface area contributed by atoms with Gasteiger partial charge in [-0.2, -0.15) is 0 Å². The average molecular weight is 361 g/mol. The number of methoxy groups -OCH3 is 1. The first-order valence-corrected chi connectivity index (χ1v) is 9.29. The maximum atomic E-state index is 12.1. The van der Waals surface area contributed by atoms with Gasteiger partial charge < -0.3 is 10.1 Å². The topological polar surface area (TPSA) is 72.0 Å². The smallest absolute Gasteiger partial charge is 0.413 e. The fraction of sp³-hybridized carbons (Fsp3) is 0.368. The van der Waals surface area contributed by atoms with Crippen molar-refractivity contribution in [2.45, 2.75) is 38.8 Å². The van der Waals surface area contributed by atoms with E-state index in [0.29, 0.717) is 0 Å². The SMILES string of the molecule is CCCc1ccc([C@H]([NH2+][C@H](C)C(=O)NC(=O)OC)c2cccs2)cc1. The van der Waals surface area contributed by atoms with Gasteiger partial charge in [-0.05, 0) is 30.4 Å². The third kappa shape index (κ3) is 5.41. The Bertz CT molecular complexity index is 683. The lowest BCUT2D eigenvalue weighted by Gasteiger charge is -2.19. The molecule has 1 aromatic carbocycles. The predicted molar refractivity (Wildman–Crippen MR) is 98.5 cm³/mol. The quantitative estimate of drug-likeness (QED) is 0.796. The van der Waals surface area contributed by atoms with E-state index in [4.69, 9.17) is 0 Å². The molecule has 25 heavy (non-hydrogen) atoms. The van der Waals surface area contributed by atoms with Crippen LogP contribution in [0.5, 0.6) is 0 Å². The summed E-state index contributed by atoms with van der Waals surface area (Å²) in [5, 5.41) is 6.23. The number of rotatable bonds is 7. The van der Waals surface area contributed by atoms with Crippen molar-refractivity contribution in [3.63, 3.8) is 0 Å². The number of benzene rings is 1. The number of quaternary nitrogens is 1. The predicted octanol–water partition coefficient (Wildman–Crippen LogP) is 2.62. The molecule has 134 valence electrons. The van der Waals surface area contributed by atoms with Gasteiger partial charge >= 0.3 is 6.09 Å². The fourth-order valence-electron chi connectivity index (χ4n) is 2.66. The lowest BCUT2D eigenvalue weighted by Crippen LogP contribution is -2.92. The third-order valence-electron chi connectivity index (χ3n) is 4.03. The summed E-state index contributed by atoms with van der Waals surface area (Å²) in [7, 11) is 1.24. The van der Waals surface area contributed by atoms with E-state index in [1.807, 2.05) is 16.8 Å². The van der Waals surface area contributed by atoms with Crippen LogP contribution in [-0.4, -0.2) is 25.2 Å². The summed E-state index contributed by atoms with van der Waals surface area (Å²) in [6.07, 6.45) is 1.44. The van der Waals surface area contributed by atoms with Crippen molar-refractivity contribution in [1.82, 2.24) is 5.32 Å². The molecule has 2 aromatic rings. The van der Waals surface area contributed by atoms with Gasteiger partial charge in [-0.25, -0.2) is 4.79 Å². The first kappa shape index (κ1) is 19.1. The minimum absolute atomic E-state index is 0.00840. The van der Waals surface area contributed by atoms with Gasteiger partial charge in [-0.3, -0.25) is 10.1 Å². The molecule has 0 bridgehead atoms. The van der Waals surface area contributed by atoms with Gasteiger partial charge in [-0.1, -0.05) is 43.7 Å². The molecule has 1 aromatic heterocycles. The van der Waals surface area contributed by atoms with Crippen LogP contribution >= 0.6 is 11.3 Å². The fourth-order valence-corrected chi connectivity index (χ4v) is 3.49. The molecule has 2 rings (SSSR count). The van der Waals surface area contributed by atoms with Gasteiger partial charge in [0, 0.05) is 5.56 Å². The van der Waals surface area contributed by atoms with Crippen LogP contribution in [0.4, 0.5) is 4.79 Å². The number of imide groups is 1. The number of amides is 2. The second-order valence-corrected chi connectivity index (χ2v) is 6.93. The summed E-state index contributed by atoms with van der Waals surface area (Å²) in [5.41, 5.74) is 2.45. The first-order chi connectivity index (χ1) is 12.0. The van der Waals surface area contributed by atoms with E-state index in [0.717, 1.165) is 18.4 Å². The molecule has 0 spiro atoms. The molecular weight excluding hydrogens is 336 g/mol. The van der Waals surface area contributed by atoms with Gasteiger partial charge in [0.05, 0.1) is 12.0 Å². The molecule has 2 atom stereocenters. The number of thiophene rings is 1. The standard InChI is InChI=1S/C19H24N2O3S/c1-4-6-14-8-10-15(11-9-14)17(16-7-5-12-25-16)20-13(2)18(22)21-19(23)24-3/h5,7-13,17,20H,4,6H2,1-3H3,(H,21,22,23)/p+1/t13-,17+/m1/s1. The maximum Gasteiger partial charge on any atom is 0.413 e. The van der Waals surface area contributed by atoms with Crippen LogP contribution in [0.1, 0.15) is 42.3 Å². The second-order valence-electron chi connectivity index (χ2n) is 5.95. The molecule has 0 aliphatic rings. The van der Waals surface area contributed by atoms with Crippen molar-refractivity contribution in [2.24, 2.45) is 0 Å². The van der Waals surface area contributed by atoms with Crippen LogP contribution in [0.15, 0.2) is 41.8 Å². The highest BCUT2D eigenvalue weighted by Gasteiger charge is 2.26. The highest BCUT2D eigenvalue weighted by molar-refractivity contribution is 7.10. The molecule has 0 saturated heterocycles. The zero-order valence-electron chi connectivity index (χ0n) is 14.8. The Kier molecular flexibility index (Phi) is 7.16. The highest BCUT2D eigenvalue weighted by atomic mass is 32.1. The number of carbonyl (C=O) groups excluding carboxylic acids is 2. The van der Waals surface area contributed by atoms with E-state index >= 15 is 0 Å². The molecule has 0 aliphatic heterocycles. The Morgan fingerprint density at radius 1 is 1.24 bits per heavy atom. The molecule has 0 saturated carbocycles. The maximum absolute atomic E-state index is 12.1. The molecular formula is C19H25N2O3S+. The minimum atomic E-state index is -0.734. The summed E-state index contributed by atoms with van der Waals surface area (Å²) in [4.78, 5) is 24.6. The van der Waals surface area contributed by atoms with Gasteiger partial charge in [0.1, 0.15) is 6.04 Å². The van der Waals surface area contributed by atoms with E-state index in [1.165, 1.54) is 17.6 Å². The van der Waals surface area contributed by atoms with E-state index in [2.05, 4.69) is 47.3 Å². The Morgan fingerprint density at radius 3 is 2.52 bits per heavy atom. The lowest BCUT2D eigenvalue weighted by atomic mass is 10.0. The molecule has 0 unspecified atom stereocenters. The Morgan fingerprint density at radius 2 is 1.96 bits per heavy atom. The third-order valence-corrected chi connectivity index (χ3v) is 4.99. The first-order valence-electron chi connectivity index (χ1n) is 8.41. The number of nitrogens with one attached hydrogen (secondary N) is 1. The van der Waals surface area contributed by atoms with Crippen molar-refractivity contribution < 1.29 is 19.6 Å². The summed E-state index contributed by atoms with van der Waals surface area (Å²) in [5.74, 6) is -0.365. The molecule has 6 heteroatoms. The zero-order chi connectivity index (χ0) is 18.2. The molecule has 0 aliphatic carbocycles. The molecule has 2 amide bonds. The van der Waals surface area contributed by atoms with Crippen LogP contribution in [0.25, 0.3) is 0 Å². The van der Waals surface area contributed by atoms with E-state index in [9.17, 15) is 9.59 Å². The number of alkyl carbamates (subject to hydrolysis) is 1. The highest BCUT2D eigenvalue weighted by Crippen LogP contribution is 2.23. The minimum Gasteiger partial charge on any atom is -0.453 e. The van der Waals surface area contributed by atoms with E-state index in [-0.39, 0.29) is 11.9 Å². The summed E-state index contributed by atoms with van der Waals surface area (Å²) < 4.78 is 4.49. The van der Waals surface area contributed by atoms with Crippen LogP contribution in [-0.2, 0) is 16.0 Å². The van der Waals surface area contributed by atoms with Gasteiger partial charge in [0.2, 0.25) is 0 Å². The summed E-state index contributed by atoms with van der Waals surface area (Å²) in [6, 6.07) is 12.2. The van der Waals surface area contributed by atoms with Crippen molar-refractivity contribution >= 4 is 23.3 Å². The van der Waals surface area contributed by atoms with Crippen LogP contribution in [0.3, 0.4) is 0 Å². The van der Waals surface area contributed by atoms with Crippen molar-refractivity contribution in [2.75, 3.05) is 7.11 Å². The Hall–Kier alpha value is -2.18. The summed E-state index contributed by atoms with van der Waals surface area (Å²) in [6.45, 7) is 3.95. The number of nitrogens with two attached hydrogens (primary N) is 1. The largest absolute Gasteiger partial charge is 0.453 e. The monoisotopic (exact) mass is 361 g/mol. The van der Waals surface area contributed by atoms with Crippen LogP contribution in [0, 0.1) is 0 Å². The zero-order valence-corrected chi connectivity index (χ0v) is 15.6. The van der Waals surface area contributed by atoms with E-state index < -0.39 is 12.1 Å².